The quantitative estimate of drug-likeness (QED) is 0.702. The summed E-state index contributed by atoms with van der Waals surface area (Å²) >= 11 is 0. The number of aliphatic hydroxyl groups excluding tert-OH is 1. The molecule has 1 aliphatic heterocycles. The molecule has 2 atom stereocenters. The molecule has 2 unspecified atom stereocenters. The summed E-state index contributed by atoms with van der Waals surface area (Å²) in [6, 6.07) is 0. The van der Waals surface area contributed by atoms with Crippen LogP contribution in [-0.2, 0) is 4.74 Å². The van der Waals surface area contributed by atoms with Crippen LogP contribution in [-0.4, -0.2) is 48.5 Å². The molecule has 0 radical (unpaired) electrons. The molecule has 0 aromatic rings. The van der Waals surface area contributed by atoms with Gasteiger partial charge in [-0.2, -0.15) is 0 Å². The first-order chi connectivity index (χ1) is 6.76. The Bertz CT molecular complexity index is 146. The van der Waals surface area contributed by atoms with E-state index in [0.29, 0.717) is 6.10 Å². The first-order valence-electron chi connectivity index (χ1n) is 5.78. The topological polar surface area (TPSA) is 32.7 Å². The fraction of sp³-hybridized carbons (Fsp3) is 1.00. The molecule has 14 heavy (non-hydrogen) atoms. The Labute approximate surface area is 87.1 Å². The predicted octanol–water partition coefficient (Wildman–Crippen LogP) is 1.26. The monoisotopic (exact) mass is 201 g/mol. The third kappa shape index (κ3) is 3.95. The molecule has 0 bridgehead atoms. The zero-order chi connectivity index (χ0) is 10.4. The minimum Gasteiger partial charge on any atom is -0.392 e. The van der Waals surface area contributed by atoms with Crippen LogP contribution in [0.1, 0.15) is 33.1 Å². The van der Waals surface area contributed by atoms with Crippen molar-refractivity contribution in [3.63, 3.8) is 0 Å². The van der Waals surface area contributed by atoms with E-state index in [9.17, 15) is 5.11 Å². The van der Waals surface area contributed by atoms with E-state index in [2.05, 4.69) is 11.8 Å². The van der Waals surface area contributed by atoms with Gasteiger partial charge in [0.1, 0.15) is 0 Å². The molecule has 0 aromatic heterocycles. The van der Waals surface area contributed by atoms with E-state index in [1.165, 1.54) is 12.8 Å². The molecule has 0 aromatic carbocycles. The van der Waals surface area contributed by atoms with Crippen molar-refractivity contribution in [1.29, 1.82) is 0 Å². The van der Waals surface area contributed by atoms with Crippen molar-refractivity contribution in [2.45, 2.75) is 45.3 Å². The van der Waals surface area contributed by atoms with E-state index in [0.717, 1.165) is 32.7 Å². The average molecular weight is 201 g/mol. The number of hydrogen-bond donors (Lipinski definition) is 1. The van der Waals surface area contributed by atoms with Gasteiger partial charge in [0.2, 0.25) is 0 Å². The molecule has 1 aliphatic rings. The molecule has 3 heteroatoms. The number of rotatable bonds is 6. The summed E-state index contributed by atoms with van der Waals surface area (Å²) in [6.45, 7) is 7.83. The molecule has 0 aliphatic carbocycles. The molecule has 1 rings (SSSR count). The summed E-state index contributed by atoms with van der Waals surface area (Å²) in [6.07, 6.45) is 3.43. The second kappa shape index (κ2) is 6.38. The Morgan fingerprint density at radius 1 is 1.50 bits per heavy atom. The Kier molecular flexibility index (Phi) is 5.45. The smallest absolute Gasteiger partial charge is 0.0702 e. The first-order valence-corrected chi connectivity index (χ1v) is 5.78. The van der Waals surface area contributed by atoms with Crippen LogP contribution in [0.15, 0.2) is 0 Å². The Morgan fingerprint density at radius 3 is 2.79 bits per heavy atom. The maximum absolute atomic E-state index is 9.55. The SMILES string of the molecule is CCC(O)CN(CC)CC1CCCO1. The standard InChI is InChI=1S/C11H23NO2/c1-3-10(13)8-12(4-2)9-11-6-5-7-14-11/h10-11,13H,3-9H2,1-2H3. The summed E-state index contributed by atoms with van der Waals surface area (Å²) in [5.74, 6) is 0. The van der Waals surface area contributed by atoms with Gasteiger partial charge in [-0.15, -0.1) is 0 Å². The van der Waals surface area contributed by atoms with Crippen LogP contribution < -0.4 is 0 Å². The molecule has 0 amide bonds. The van der Waals surface area contributed by atoms with Gasteiger partial charge in [0.15, 0.2) is 0 Å². The highest BCUT2D eigenvalue weighted by atomic mass is 16.5. The van der Waals surface area contributed by atoms with Gasteiger partial charge in [-0.05, 0) is 25.8 Å². The molecule has 1 N–H and O–H groups in total. The molecule has 0 saturated carbocycles. The van der Waals surface area contributed by atoms with E-state index in [4.69, 9.17) is 4.74 Å². The van der Waals surface area contributed by atoms with Gasteiger partial charge in [-0.25, -0.2) is 0 Å². The number of likely N-dealkylation sites (N-methyl/N-ethyl adjacent to an activating group) is 1. The number of aliphatic hydroxyl groups is 1. The van der Waals surface area contributed by atoms with Crippen molar-refractivity contribution >= 4 is 0 Å². The maximum Gasteiger partial charge on any atom is 0.0702 e. The van der Waals surface area contributed by atoms with Gasteiger partial charge in [0.25, 0.3) is 0 Å². The van der Waals surface area contributed by atoms with Gasteiger partial charge in [0, 0.05) is 19.7 Å². The summed E-state index contributed by atoms with van der Waals surface area (Å²) < 4.78 is 5.58. The third-order valence-electron chi connectivity index (χ3n) is 2.87. The van der Waals surface area contributed by atoms with Gasteiger partial charge in [0.05, 0.1) is 12.2 Å². The predicted molar refractivity (Wildman–Crippen MR) is 57.4 cm³/mol. The van der Waals surface area contributed by atoms with Gasteiger partial charge < -0.3 is 9.84 Å². The van der Waals surface area contributed by atoms with Crippen molar-refractivity contribution in [3.05, 3.63) is 0 Å². The molecule has 1 heterocycles. The van der Waals surface area contributed by atoms with Crippen LogP contribution in [0.25, 0.3) is 0 Å². The van der Waals surface area contributed by atoms with Gasteiger partial charge in [-0.1, -0.05) is 13.8 Å². The lowest BCUT2D eigenvalue weighted by atomic mass is 10.2. The molecule has 1 fully saturated rings. The molecule has 84 valence electrons. The molecule has 1 saturated heterocycles. The third-order valence-corrected chi connectivity index (χ3v) is 2.87. The van der Waals surface area contributed by atoms with Crippen molar-refractivity contribution in [1.82, 2.24) is 4.90 Å². The van der Waals surface area contributed by atoms with Crippen LogP contribution in [0.5, 0.6) is 0 Å². The second-order valence-electron chi connectivity index (χ2n) is 4.05. The lowest BCUT2D eigenvalue weighted by Crippen LogP contribution is -2.37. The minimum atomic E-state index is -0.184. The molecular weight excluding hydrogens is 178 g/mol. The zero-order valence-corrected chi connectivity index (χ0v) is 9.41. The van der Waals surface area contributed by atoms with Crippen molar-refractivity contribution in [2.24, 2.45) is 0 Å². The maximum atomic E-state index is 9.55. The van der Waals surface area contributed by atoms with E-state index in [-0.39, 0.29) is 6.10 Å². The van der Waals surface area contributed by atoms with Crippen LogP contribution >= 0.6 is 0 Å². The van der Waals surface area contributed by atoms with Gasteiger partial charge >= 0.3 is 0 Å². The molecule has 0 spiro atoms. The second-order valence-corrected chi connectivity index (χ2v) is 4.05. The van der Waals surface area contributed by atoms with E-state index in [1.54, 1.807) is 0 Å². The average Bonchev–Trinajstić information content (AvgIpc) is 2.69. The van der Waals surface area contributed by atoms with Crippen LogP contribution in [0, 0.1) is 0 Å². The van der Waals surface area contributed by atoms with E-state index >= 15 is 0 Å². The highest BCUT2D eigenvalue weighted by Crippen LogP contribution is 2.13. The van der Waals surface area contributed by atoms with Crippen LogP contribution in [0.2, 0.25) is 0 Å². The summed E-state index contributed by atoms with van der Waals surface area (Å²) in [4.78, 5) is 2.28. The van der Waals surface area contributed by atoms with Crippen LogP contribution in [0.4, 0.5) is 0 Å². The highest BCUT2D eigenvalue weighted by molar-refractivity contribution is 4.71. The Hall–Kier alpha value is -0.120. The summed E-state index contributed by atoms with van der Waals surface area (Å²) in [5, 5.41) is 9.55. The van der Waals surface area contributed by atoms with Gasteiger partial charge in [-0.3, -0.25) is 4.90 Å². The Morgan fingerprint density at radius 2 is 2.29 bits per heavy atom. The highest BCUT2D eigenvalue weighted by Gasteiger charge is 2.19. The van der Waals surface area contributed by atoms with Crippen LogP contribution in [0.3, 0.4) is 0 Å². The fourth-order valence-corrected chi connectivity index (χ4v) is 1.84. The normalized spacial score (nSPS) is 24.4. The number of nitrogens with zero attached hydrogens (tertiary/aromatic N) is 1. The number of ether oxygens (including phenoxy) is 1. The minimum absolute atomic E-state index is 0.184. The van der Waals surface area contributed by atoms with Crippen molar-refractivity contribution in [3.8, 4) is 0 Å². The van der Waals surface area contributed by atoms with Crippen molar-refractivity contribution in [2.75, 3.05) is 26.2 Å². The molecular formula is C11H23NO2. The summed E-state index contributed by atoms with van der Waals surface area (Å²) in [5.41, 5.74) is 0. The fourth-order valence-electron chi connectivity index (χ4n) is 1.84. The van der Waals surface area contributed by atoms with E-state index < -0.39 is 0 Å². The first kappa shape index (κ1) is 12.0. The Balaban J connectivity index is 2.22. The summed E-state index contributed by atoms with van der Waals surface area (Å²) in [7, 11) is 0. The van der Waals surface area contributed by atoms with E-state index in [1.807, 2.05) is 6.92 Å². The molecule has 3 nitrogen and oxygen atoms in total. The number of hydrogen-bond acceptors (Lipinski definition) is 3. The van der Waals surface area contributed by atoms with Crippen molar-refractivity contribution < 1.29 is 9.84 Å². The largest absolute Gasteiger partial charge is 0.392 e. The zero-order valence-electron chi connectivity index (χ0n) is 9.41. The lowest BCUT2D eigenvalue weighted by Gasteiger charge is -2.25. The lowest BCUT2D eigenvalue weighted by molar-refractivity contribution is 0.0510.